The van der Waals surface area contributed by atoms with Crippen LogP contribution in [0, 0.1) is 17.0 Å². The van der Waals surface area contributed by atoms with Crippen molar-refractivity contribution in [3.8, 4) is 10.8 Å². The number of aromatic nitrogens is 3. The highest BCUT2D eigenvalue weighted by atomic mass is 35.5. The minimum Gasteiger partial charge on any atom is -0.410 e. The fourth-order valence-corrected chi connectivity index (χ4v) is 3.33. The Morgan fingerprint density at radius 1 is 1.41 bits per heavy atom. The van der Waals surface area contributed by atoms with E-state index in [2.05, 4.69) is 15.2 Å². The molecule has 3 rings (SSSR count). The predicted molar refractivity (Wildman–Crippen MR) is 82.4 cm³/mol. The van der Waals surface area contributed by atoms with Crippen LogP contribution >= 0.6 is 34.7 Å². The minimum absolute atomic E-state index is 0.0243. The maximum atomic E-state index is 10.8. The highest BCUT2D eigenvalue weighted by Gasteiger charge is 2.15. The van der Waals surface area contributed by atoms with Crippen LogP contribution in [0.25, 0.3) is 10.8 Å². The topological polar surface area (TPSA) is 95.0 Å². The molecular weight excluding hydrogens is 348 g/mol. The van der Waals surface area contributed by atoms with E-state index >= 15 is 0 Å². The van der Waals surface area contributed by atoms with Gasteiger partial charge in [-0.25, -0.2) is 4.98 Å². The second-order valence-corrected chi connectivity index (χ2v) is 6.83. The van der Waals surface area contributed by atoms with E-state index < -0.39 is 4.92 Å². The Balaban J connectivity index is 1.81. The fourth-order valence-electron chi connectivity index (χ4n) is 1.64. The molecule has 3 aromatic rings. The first kappa shape index (κ1) is 14.9. The van der Waals surface area contributed by atoms with Crippen molar-refractivity contribution >= 4 is 40.4 Å². The van der Waals surface area contributed by atoms with Gasteiger partial charge in [-0.15, -0.1) is 21.5 Å². The molecule has 0 radical (unpaired) electrons. The summed E-state index contributed by atoms with van der Waals surface area (Å²) >= 11 is 8.34. The van der Waals surface area contributed by atoms with Gasteiger partial charge >= 0.3 is 0 Å². The first-order valence-electron chi connectivity index (χ1n) is 5.91. The number of aryl methyl sites for hydroxylation is 1. The van der Waals surface area contributed by atoms with Crippen LogP contribution in [0.2, 0.25) is 4.34 Å². The zero-order valence-electron chi connectivity index (χ0n) is 11.0. The molecule has 0 spiro atoms. The van der Waals surface area contributed by atoms with Gasteiger partial charge in [0.15, 0.2) is 0 Å². The van der Waals surface area contributed by atoms with Gasteiger partial charge in [-0.3, -0.25) is 10.1 Å². The van der Waals surface area contributed by atoms with Crippen LogP contribution in [-0.2, 0) is 0 Å². The van der Waals surface area contributed by atoms with E-state index in [9.17, 15) is 10.1 Å². The molecule has 0 N–H and O–H groups in total. The molecule has 0 aliphatic heterocycles. The van der Waals surface area contributed by atoms with Crippen LogP contribution in [0.1, 0.15) is 5.56 Å². The number of pyridine rings is 1. The molecule has 10 heteroatoms. The number of rotatable bonds is 4. The lowest BCUT2D eigenvalue weighted by Crippen LogP contribution is -1.93. The van der Waals surface area contributed by atoms with Crippen molar-refractivity contribution < 1.29 is 9.34 Å². The van der Waals surface area contributed by atoms with E-state index in [1.54, 1.807) is 25.1 Å². The second kappa shape index (κ2) is 6.03. The van der Waals surface area contributed by atoms with Crippen molar-refractivity contribution in [1.82, 2.24) is 15.2 Å². The van der Waals surface area contributed by atoms with E-state index in [-0.39, 0.29) is 5.69 Å². The Bertz CT molecular complexity index is 849. The lowest BCUT2D eigenvalue weighted by molar-refractivity contribution is -0.385. The van der Waals surface area contributed by atoms with E-state index in [0.29, 0.717) is 26.0 Å². The van der Waals surface area contributed by atoms with Gasteiger partial charge in [0.25, 0.3) is 16.8 Å². The summed E-state index contributed by atoms with van der Waals surface area (Å²) in [6.45, 7) is 1.65. The zero-order chi connectivity index (χ0) is 15.7. The molecule has 0 atom stereocenters. The summed E-state index contributed by atoms with van der Waals surface area (Å²) in [5, 5.41) is 19.5. The fraction of sp³-hybridized carbons (Fsp3) is 0.0833. The molecule has 3 heterocycles. The SMILES string of the molecule is Cc1cc(Sc2nnc(-c3ccc(Cl)s3)o2)ncc1[N+](=O)[O-]. The first-order valence-corrected chi connectivity index (χ1v) is 7.92. The third-order valence-electron chi connectivity index (χ3n) is 2.64. The number of halogens is 1. The largest absolute Gasteiger partial charge is 0.410 e. The summed E-state index contributed by atoms with van der Waals surface area (Å²) in [4.78, 5) is 15.1. The summed E-state index contributed by atoms with van der Waals surface area (Å²) in [7, 11) is 0. The number of nitro groups is 1. The Hall–Kier alpha value is -1.97. The average molecular weight is 355 g/mol. The summed E-state index contributed by atoms with van der Waals surface area (Å²) in [5.41, 5.74) is 0.496. The van der Waals surface area contributed by atoms with Crippen LogP contribution in [0.5, 0.6) is 0 Å². The smallest absolute Gasteiger partial charge is 0.290 e. The van der Waals surface area contributed by atoms with Gasteiger partial charge < -0.3 is 4.42 Å². The first-order chi connectivity index (χ1) is 10.5. The minimum atomic E-state index is -0.470. The summed E-state index contributed by atoms with van der Waals surface area (Å²) in [6.07, 6.45) is 1.22. The maximum Gasteiger partial charge on any atom is 0.290 e. The molecule has 0 saturated heterocycles. The molecular formula is C12H7ClN4O3S2. The van der Waals surface area contributed by atoms with Crippen molar-refractivity contribution in [3.63, 3.8) is 0 Å². The van der Waals surface area contributed by atoms with E-state index in [0.717, 1.165) is 16.6 Å². The van der Waals surface area contributed by atoms with Crippen molar-refractivity contribution in [3.05, 3.63) is 44.4 Å². The molecule has 0 unspecified atom stereocenters. The molecule has 0 saturated carbocycles. The highest BCUT2D eigenvalue weighted by Crippen LogP contribution is 2.33. The number of thiophene rings is 1. The third-order valence-corrected chi connectivity index (χ3v) is 4.63. The summed E-state index contributed by atoms with van der Waals surface area (Å²) < 4.78 is 6.16. The molecule has 0 aromatic carbocycles. The molecule has 22 heavy (non-hydrogen) atoms. The van der Waals surface area contributed by atoms with Gasteiger partial charge in [0.2, 0.25) is 0 Å². The normalized spacial score (nSPS) is 10.8. The quantitative estimate of drug-likeness (QED) is 0.511. The van der Waals surface area contributed by atoms with Gasteiger partial charge in [0, 0.05) is 5.56 Å². The predicted octanol–water partition coefficient (Wildman–Crippen LogP) is 4.21. The van der Waals surface area contributed by atoms with Crippen LogP contribution in [-0.4, -0.2) is 20.1 Å². The van der Waals surface area contributed by atoms with Crippen molar-refractivity contribution in [2.75, 3.05) is 0 Å². The Morgan fingerprint density at radius 3 is 2.86 bits per heavy atom. The lowest BCUT2D eigenvalue weighted by Gasteiger charge is -1.99. The van der Waals surface area contributed by atoms with Crippen LogP contribution < -0.4 is 0 Å². The number of nitrogens with zero attached hydrogens (tertiary/aromatic N) is 4. The van der Waals surface area contributed by atoms with Crippen molar-refractivity contribution in [2.24, 2.45) is 0 Å². The molecule has 0 fully saturated rings. The van der Waals surface area contributed by atoms with E-state index in [1.165, 1.54) is 17.5 Å². The molecule has 0 bridgehead atoms. The average Bonchev–Trinajstić information content (AvgIpc) is 3.07. The second-order valence-electron chi connectivity index (χ2n) is 4.15. The van der Waals surface area contributed by atoms with Crippen LogP contribution in [0.4, 0.5) is 5.69 Å². The van der Waals surface area contributed by atoms with Crippen LogP contribution in [0.15, 0.2) is 39.1 Å². The van der Waals surface area contributed by atoms with E-state index in [4.69, 9.17) is 16.0 Å². The van der Waals surface area contributed by atoms with Crippen LogP contribution in [0.3, 0.4) is 0 Å². The standard InChI is InChI=1S/C12H7ClN4O3S2/c1-6-4-10(14-5-7(6)17(18)19)22-12-16-15-11(20-12)8-2-3-9(13)21-8/h2-5H,1H3. The van der Waals surface area contributed by atoms with Gasteiger partial charge in [0.1, 0.15) is 11.2 Å². The Morgan fingerprint density at radius 2 is 2.23 bits per heavy atom. The van der Waals surface area contributed by atoms with E-state index in [1.807, 2.05) is 0 Å². The van der Waals surface area contributed by atoms with Gasteiger partial charge in [-0.2, -0.15) is 0 Å². The molecule has 112 valence electrons. The summed E-state index contributed by atoms with van der Waals surface area (Å²) in [5.74, 6) is 0.373. The maximum absolute atomic E-state index is 10.8. The Kier molecular flexibility index (Phi) is 4.10. The lowest BCUT2D eigenvalue weighted by atomic mass is 10.3. The molecule has 3 aromatic heterocycles. The zero-order valence-corrected chi connectivity index (χ0v) is 13.4. The number of hydrogen-bond donors (Lipinski definition) is 0. The third kappa shape index (κ3) is 3.11. The van der Waals surface area contributed by atoms with Crippen molar-refractivity contribution in [1.29, 1.82) is 0 Å². The molecule has 7 nitrogen and oxygen atoms in total. The monoisotopic (exact) mass is 354 g/mol. The molecule has 0 aliphatic carbocycles. The summed E-state index contributed by atoms with van der Waals surface area (Å²) in [6, 6.07) is 5.15. The molecule has 0 aliphatic rings. The van der Waals surface area contributed by atoms with Crippen molar-refractivity contribution in [2.45, 2.75) is 17.2 Å². The molecule has 0 amide bonds. The highest BCUT2D eigenvalue weighted by molar-refractivity contribution is 7.99. The van der Waals surface area contributed by atoms with Gasteiger partial charge in [-0.05, 0) is 36.9 Å². The number of hydrogen-bond acceptors (Lipinski definition) is 8. The van der Waals surface area contributed by atoms with Gasteiger partial charge in [-0.1, -0.05) is 11.6 Å². The van der Waals surface area contributed by atoms with Gasteiger partial charge in [0.05, 0.1) is 14.1 Å². The Labute approximate surface area is 137 Å².